The van der Waals surface area contributed by atoms with Gasteiger partial charge in [0, 0.05) is 30.3 Å². The van der Waals surface area contributed by atoms with Crippen LogP contribution in [0.3, 0.4) is 0 Å². The number of halogens is 1. The minimum Gasteiger partial charge on any atom is -0.338 e. The molecule has 0 aromatic carbocycles. The zero-order valence-corrected chi connectivity index (χ0v) is 11.2. The molecule has 1 aliphatic heterocycles. The van der Waals surface area contributed by atoms with Gasteiger partial charge in [0.25, 0.3) is 0 Å². The van der Waals surface area contributed by atoms with Crippen molar-refractivity contribution in [2.75, 3.05) is 25.0 Å². The maximum absolute atomic E-state index is 4.53. The third-order valence-corrected chi connectivity index (χ3v) is 3.65. The number of pyridine rings is 1. The molecule has 1 unspecified atom stereocenters. The van der Waals surface area contributed by atoms with Gasteiger partial charge in [0.2, 0.25) is 5.95 Å². The molecular weight excluding hydrogens is 282 g/mol. The molecule has 1 atom stereocenters. The number of aromatic nitrogens is 3. The Balaban J connectivity index is 1.94. The fourth-order valence-electron chi connectivity index (χ4n) is 2.13. The van der Waals surface area contributed by atoms with Crippen molar-refractivity contribution < 1.29 is 0 Å². The van der Waals surface area contributed by atoms with Crippen LogP contribution >= 0.6 is 15.9 Å². The van der Waals surface area contributed by atoms with Gasteiger partial charge in [-0.3, -0.25) is 0 Å². The van der Waals surface area contributed by atoms with Gasteiger partial charge in [0.15, 0.2) is 5.65 Å². The van der Waals surface area contributed by atoms with Crippen LogP contribution in [0.1, 0.15) is 6.42 Å². The number of fused-ring (bicyclic) bond motifs is 1. The molecule has 1 aliphatic rings. The SMILES string of the molecule is CN(c1nc2ccc(Br)cn2n1)C1CCNC1. The maximum atomic E-state index is 4.53. The van der Waals surface area contributed by atoms with Crippen LogP contribution in [0.4, 0.5) is 5.95 Å². The number of rotatable bonds is 2. The number of anilines is 1. The number of hydrogen-bond acceptors (Lipinski definition) is 4. The summed E-state index contributed by atoms with van der Waals surface area (Å²) in [5.41, 5.74) is 0.876. The molecule has 0 bridgehead atoms. The summed E-state index contributed by atoms with van der Waals surface area (Å²) >= 11 is 3.43. The van der Waals surface area contributed by atoms with Crippen LogP contribution in [-0.2, 0) is 0 Å². The van der Waals surface area contributed by atoms with E-state index in [2.05, 4.69) is 43.3 Å². The van der Waals surface area contributed by atoms with Gasteiger partial charge in [0.1, 0.15) is 0 Å². The highest BCUT2D eigenvalue weighted by molar-refractivity contribution is 9.10. The van der Waals surface area contributed by atoms with Gasteiger partial charge >= 0.3 is 0 Å². The second-order valence-electron chi connectivity index (χ2n) is 4.32. The van der Waals surface area contributed by atoms with Gasteiger partial charge in [0.05, 0.1) is 0 Å². The first-order chi connectivity index (χ1) is 8.24. The van der Waals surface area contributed by atoms with Gasteiger partial charge in [-0.1, -0.05) is 0 Å². The van der Waals surface area contributed by atoms with E-state index in [9.17, 15) is 0 Å². The third kappa shape index (κ3) is 2.02. The molecule has 0 amide bonds. The predicted octanol–water partition coefficient (Wildman–Crippen LogP) is 1.29. The van der Waals surface area contributed by atoms with Crippen molar-refractivity contribution in [3.8, 4) is 0 Å². The van der Waals surface area contributed by atoms with E-state index >= 15 is 0 Å². The van der Waals surface area contributed by atoms with Crippen molar-refractivity contribution in [1.82, 2.24) is 19.9 Å². The van der Waals surface area contributed by atoms with E-state index in [1.807, 2.05) is 18.3 Å². The Labute approximate surface area is 108 Å². The first-order valence-corrected chi connectivity index (χ1v) is 6.49. The lowest BCUT2D eigenvalue weighted by atomic mass is 10.2. The van der Waals surface area contributed by atoms with Crippen LogP contribution < -0.4 is 10.2 Å². The number of nitrogens with one attached hydrogen (secondary N) is 1. The van der Waals surface area contributed by atoms with Crippen LogP contribution in [0.25, 0.3) is 5.65 Å². The molecule has 5 nitrogen and oxygen atoms in total. The Morgan fingerprint density at radius 1 is 1.53 bits per heavy atom. The molecule has 3 heterocycles. The lowest BCUT2D eigenvalue weighted by Gasteiger charge is -2.21. The maximum Gasteiger partial charge on any atom is 0.245 e. The Hall–Kier alpha value is -1.14. The predicted molar refractivity (Wildman–Crippen MR) is 70.4 cm³/mol. The fourth-order valence-corrected chi connectivity index (χ4v) is 2.46. The molecule has 1 N–H and O–H groups in total. The summed E-state index contributed by atoms with van der Waals surface area (Å²) in [6.45, 7) is 2.09. The first kappa shape index (κ1) is 11.0. The Morgan fingerprint density at radius 2 is 2.41 bits per heavy atom. The van der Waals surface area contributed by atoms with E-state index in [1.54, 1.807) is 4.52 Å². The standard InChI is InChI=1S/C11H14BrN5/c1-16(9-4-5-13-6-9)11-14-10-3-2-8(12)7-17(10)15-11/h2-3,7,9,13H,4-6H2,1H3. The molecule has 0 saturated carbocycles. The smallest absolute Gasteiger partial charge is 0.245 e. The van der Waals surface area contributed by atoms with Crippen LogP contribution in [0.2, 0.25) is 0 Å². The summed E-state index contributed by atoms with van der Waals surface area (Å²) in [6, 6.07) is 4.43. The minimum atomic E-state index is 0.496. The zero-order chi connectivity index (χ0) is 11.8. The zero-order valence-electron chi connectivity index (χ0n) is 9.60. The van der Waals surface area contributed by atoms with Gasteiger partial charge in [-0.25, -0.2) is 4.52 Å². The van der Waals surface area contributed by atoms with E-state index in [0.29, 0.717) is 6.04 Å². The lowest BCUT2D eigenvalue weighted by molar-refractivity contribution is 0.667. The molecule has 17 heavy (non-hydrogen) atoms. The highest BCUT2D eigenvalue weighted by atomic mass is 79.9. The Kier molecular flexibility index (Phi) is 2.76. The first-order valence-electron chi connectivity index (χ1n) is 5.69. The van der Waals surface area contributed by atoms with E-state index in [1.165, 1.54) is 0 Å². The summed E-state index contributed by atoms with van der Waals surface area (Å²) in [4.78, 5) is 6.68. The van der Waals surface area contributed by atoms with Crippen molar-refractivity contribution >= 4 is 27.5 Å². The van der Waals surface area contributed by atoms with Crippen LogP contribution in [0, 0.1) is 0 Å². The van der Waals surface area contributed by atoms with E-state index in [-0.39, 0.29) is 0 Å². The quantitative estimate of drug-likeness (QED) is 0.907. The van der Waals surface area contributed by atoms with Gasteiger partial charge < -0.3 is 10.2 Å². The summed E-state index contributed by atoms with van der Waals surface area (Å²) in [5, 5.41) is 7.85. The highest BCUT2D eigenvalue weighted by Crippen LogP contribution is 2.17. The largest absolute Gasteiger partial charge is 0.338 e. The molecular formula is C11H14BrN5. The number of likely N-dealkylation sites (N-methyl/N-ethyl adjacent to an activating group) is 1. The van der Waals surface area contributed by atoms with Crippen LogP contribution in [0.15, 0.2) is 22.8 Å². The molecule has 1 fully saturated rings. The van der Waals surface area contributed by atoms with Crippen LogP contribution in [0.5, 0.6) is 0 Å². The highest BCUT2D eigenvalue weighted by Gasteiger charge is 2.22. The molecule has 90 valence electrons. The second-order valence-corrected chi connectivity index (χ2v) is 5.24. The summed E-state index contributed by atoms with van der Waals surface area (Å²) in [7, 11) is 2.06. The van der Waals surface area contributed by atoms with Crippen LogP contribution in [-0.4, -0.2) is 40.8 Å². The molecule has 0 aliphatic carbocycles. The third-order valence-electron chi connectivity index (χ3n) is 3.18. The second kappa shape index (κ2) is 4.27. The van der Waals surface area contributed by atoms with Crippen molar-refractivity contribution in [2.45, 2.75) is 12.5 Å². The van der Waals surface area contributed by atoms with E-state index < -0.39 is 0 Å². The Morgan fingerprint density at radius 3 is 3.18 bits per heavy atom. The van der Waals surface area contributed by atoms with Crippen molar-refractivity contribution in [3.05, 3.63) is 22.8 Å². The monoisotopic (exact) mass is 295 g/mol. The van der Waals surface area contributed by atoms with Gasteiger partial charge in [-0.15, -0.1) is 5.10 Å². The topological polar surface area (TPSA) is 45.5 Å². The average molecular weight is 296 g/mol. The molecule has 2 aromatic rings. The Bertz CT molecular complexity index is 532. The van der Waals surface area contributed by atoms with Crippen molar-refractivity contribution in [2.24, 2.45) is 0 Å². The molecule has 0 radical (unpaired) electrons. The lowest BCUT2D eigenvalue weighted by Crippen LogP contribution is -2.34. The van der Waals surface area contributed by atoms with Gasteiger partial charge in [-0.2, -0.15) is 4.98 Å². The normalized spacial score (nSPS) is 20.0. The molecule has 3 rings (SSSR count). The summed E-state index contributed by atoms with van der Waals surface area (Å²) in [6.07, 6.45) is 3.07. The number of hydrogen-bond donors (Lipinski definition) is 1. The number of nitrogens with zero attached hydrogens (tertiary/aromatic N) is 4. The van der Waals surface area contributed by atoms with Crippen molar-refractivity contribution in [1.29, 1.82) is 0 Å². The molecule has 1 saturated heterocycles. The van der Waals surface area contributed by atoms with E-state index in [4.69, 9.17) is 0 Å². The van der Waals surface area contributed by atoms with Gasteiger partial charge in [-0.05, 0) is 41.0 Å². The minimum absolute atomic E-state index is 0.496. The van der Waals surface area contributed by atoms with E-state index in [0.717, 1.165) is 35.6 Å². The summed E-state index contributed by atoms with van der Waals surface area (Å²) < 4.78 is 2.81. The molecule has 0 spiro atoms. The summed E-state index contributed by atoms with van der Waals surface area (Å²) in [5.74, 6) is 0.789. The molecule has 6 heteroatoms. The molecule has 2 aromatic heterocycles. The van der Waals surface area contributed by atoms with Crippen molar-refractivity contribution in [3.63, 3.8) is 0 Å². The fraction of sp³-hybridized carbons (Fsp3) is 0.455. The average Bonchev–Trinajstić information content (AvgIpc) is 2.96.